The van der Waals surface area contributed by atoms with Gasteiger partial charge < -0.3 is 24.4 Å². The van der Waals surface area contributed by atoms with Crippen LogP contribution < -0.4 is 10.4 Å². The molecule has 33 heavy (non-hydrogen) atoms. The number of nitrogens with one attached hydrogen (secondary N) is 1. The highest BCUT2D eigenvalue weighted by Crippen LogP contribution is 2.30. The molecule has 0 aliphatic rings. The number of carboxylic acids is 1. The first-order valence-corrected chi connectivity index (χ1v) is 11.0. The van der Waals surface area contributed by atoms with Crippen LogP contribution in [0.1, 0.15) is 56.1 Å². The Labute approximate surface area is 192 Å². The van der Waals surface area contributed by atoms with Crippen molar-refractivity contribution < 1.29 is 41.5 Å². The van der Waals surface area contributed by atoms with Crippen molar-refractivity contribution in [3.8, 4) is 0 Å². The molecule has 0 heterocycles. The number of carboxylic acid groups (broad SMARTS) is 1. The number of unbranched alkanes of at least 4 members (excludes halogenated alkanes) is 4. The van der Waals surface area contributed by atoms with Crippen LogP contribution in [-0.4, -0.2) is 56.7 Å². The Kier molecular flexibility index (Phi) is 11.8. The SMILES string of the molecule is C[N+](C)(C)C[C@@H](CC(=O)[O-])NC(=O)CCCCCCCOCc1ccc(C(F)(F)F)cc1F. The molecular weight excluding hydrogens is 444 g/mol. The molecule has 0 aliphatic carbocycles. The lowest BCUT2D eigenvalue weighted by atomic mass is 10.1. The third kappa shape index (κ3) is 13.2. The van der Waals surface area contributed by atoms with Crippen molar-refractivity contribution in [2.45, 2.75) is 63.8 Å². The standard InChI is InChI=1S/C23H34F4N2O4/c1-29(2,3)15-19(14-22(31)32)28-21(30)9-7-5-4-6-8-12-33-16-17-10-11-18(13-20(17)24)23(25,26)27/h10-11,13,19H,4-9,12,14-16H2,1-3H3,(H-,28,30,31,32)/t19-/m1/s1. The molecule has 1 rings (SSSR count). The highest BCUT2D eigenvalue weighted by atomic mass is 19.4. The van der Waals surface area contributed by atoms with E-state index in [4.69, 9.17) is 4.74 Å². The second-order valence-corrected chi connectivity index (χ2v) is 9.19. The van der Waals surface area contributed by atoms with Gasteiger partial charge in [0.25, 0.3) is 0 Å². The van der Waals surface area contributed by atoms with Gasteiger partial charge in [-0.25, -0.2) is 4.39 Å². The molecule has 1 atom stereocenters. The van der Waals surface area contributed by atoms with Crippen LogP contribution in [0.2, 0.25) is 0 Å². The number of rotatable bonds is 15. The van der Waals surface area contributed by atoms with Gasteiger partial charge in [0.05, 0.1) is 45.9 Å². The second kappa shape index (κ2) is 13.5. The molecular formula is C23H34F4N2O4. The normalized spacial score (nSPS) is 13.1. The molecule has 1 N–H and O–H groups in total. The number of quaternary nitrogens is 1. The van der Waals surface area contributed by atoms with Gasteiger partial charge in [0, 0.05) is 31.0 Å². The lowest BCUT2D eigenvalue weighted by molar-refractivity contribution is -0.871. The number of amides is 1. The Morgan fingerprint density at radius 3 is 2.30 bits per heavy atom. The summed E-state index contributed by atoms with van der Waals surface area (Å²) in [4.78, 5) is 23.0. The number of alkyl halides is 3. The maximum Gasteiger partial charge on any atom is 0.416 e. The van der Waals surface area contributed by atoms with Crippen molar-refractivity contribution in [1.29, 1.82) is 0 Å². The largest absolute Gasteiger partial charge is 0.550 e. The molecule has 188 valence electrons. The van der Waals surface area contributed by atoms with Gasteiger partial charge in [-0.05, 0) is 25.0 Å². The minimum atomic E-state index is -4.58. The molecule has 0 spiro atoms. The highest BCUT2D eigenvalue weighted by Gasteiger charge is 2.31. The summed E-state index contributed by atoms with van der Waals surface area (Å²) in [7, 11) is 5.74. The van der Waals surface area contributed by atoms with Crippen molar-refractivity contribution >= 4 is 11.9 Å². The summed E-state index contributed by atoms with van der Waals surface area (Å²) >= 11 is 0. The maximum absolute atomic E-state index is 13.7. The van der Waals surface area contributed by atoms with E-state index in [2.05, 4.69) is 5.32 Å². The molecule has 0 bridgehead atoms. The molecule has 0 saturated carbocycles. The van der Waals surface area contributed by atoms with E-state index in [-0.39, 0.29) is 24.5 Å². The van der Waals surface area contributed by atoms with Gasteiger partial charge in [-0.3, -0.25) is 4.79 Å². The smallest absolute Gasteiger partial charge is 0.416 e. The average molecular weight is 479 g/mol. The van der Waals surface area contributed by atoms with Crippen LogP contribution in [0.4, 0.5) is 17.6 Å². The number of carbonyl (C=O) groups excluding carboxylic acids is 2. The summed E-state index contributed by atoms with van der Waals surface area (Å²) in [5.41, 5.74) is -0.948. The van der Waals surface area contributed by atoms with Gasteiger partial charge in [-0.15, -0.1) is 0 Å². The Bertz CT molecular complexity index is 764. The van der Waals surface area contributed by atoms with Crippen molar-refractivity contribution in [2.75, 3.05) is 34.3 Å². The summed E-state index contributed by atoms with van der Waals surface area (Å²) in [5.74, 6) is -2.32. The van der Waals surface area contributed by atoms with Crippen LogP contribution in [0.25, 0.3) is 0 Å². The topological polar surface area (TPSA) is 78.5 Å². The maximum atomic E-state index is 13.7. The fourth-order valence-electron chi connectivity index (χ4n) is 3.37. The summed E-state index contributed by atoms with van der Waals surface area (Å²) in [6.45, 7) is 0.747. The molecule has 0 fully saturated rings. The number of nitrogens with zero attached hydrogens (tertiary/aromatic N) is 1. The molecule has 0 saturated heterocycles. The van der Waals surface area contributed by atoms with E-state index in [1.807, 2.05) is 21.1 Å². The number of carbonyl (C=O) groups is 2. The van der Waals surface area contributed by atoms with Crippen molar-refractivity contribution in [2.24, 2.45) is 0 Å². The predicted molar refractivity (Wildman–Crippen MR) is 113 cm³/mol. The zero-order chi connectivity index (χ0) is 25.1. The quantitative estimate of drug-likeness (QED) is 0.239. The van der Waals surface area contributed by atoms with Gasteiger partial charge in [0.2, 0.25) is 5.91 Å². The highest BCUT2D eigenvalue weighted by molar-refractivity contribution is 5.77. The number of aliphatic carboxylic acids is 1. The Balaban J connectivity index is 2.17. The molecule has 1 aromatic rings. The third-order valence-electron chi connectivity index (χ3n) is 4.88. The molecule has 0 radical (unpaired) electrons. The van der Waals surface area contributed by atoms with E-state index >= 15 is 0 Å². The fourth-order valence-corrected chi connectivity index (χ4v) is 3.37. The fraction of sp³-hybridized carbons (Fsp3) is 0.652. The van der Waals surface area contributed by atoms with Gasteiger partial charge in [0.15, 0.2) is 0 Å². The number of halogens is 4. The van der Waals surface area contributed by atoms with Crippen molar-refractivity contribution in [3.63, 3.8) is 0 Å². The van der Waals surface area contributed by atoms with Gasteiger partial charge in [-0.2, -0.15) is 13.2 Å². The number of hydrogen-bond acceptors (Lipinski definition) is 4. The van der Waals surface area contributed by atoms with Crippen LogP contribution in [0.15, 0.2) is 18.2 Å². The van der Waals surface area contributed by atoms with E-state index in [0.717, 1.165) is 31.4 Å². The monoisotopic (exact) mass is 478 g/mol. The summed E-state index contributed by atoms with van der Waals surface area (Å²) in [6.07, 6.45) is -0.580. The van der Waals surface area contributed by atoms with E-state index in [0.29, 0.717) is 43.0 Å². The Morgan fingerprint density at radius 2 is 1.73 bits per heavy atom. The van der Waals surface area contributed by atoms with Crippen LogP contribution in [0, 0.1) is 5.82 Å². The molecule has 1 amide bonds. The van der Waals surface area contributed by atoms with E-state index in [1.54, 1.807) is 0 Å². The first-order chi connectivity index (χ1) is 15.3. The molecule has 0 aromatic heterocycles. The third-order valence-corrected chi connectivity index (χ3v) is 4.88. The lowest BCUT2D eigenvalue weighted by Crippen LogP contribution is -2.50. The zero-order valence-corrected chi connectivity index (χ0v) is 19.5. The molecule has 1 aromatic carbocycles. The summed E-state index contributed by atoms with van der Waals surface area (Å²) in [6, 6.07) is 1.91. The Morgan fingerprint density at radius 1 is 1.09 bits per heavy atom. The van der Waals surface area contributed by atoms with Crippen molar-refractivity contribution in [3.05, 3.63) is 35.1 Å². The molecule has 6 nitrogen and oxygen atoms in total. The average Bonchev–Trinajstić information content (AvgIpc) is 2.64. The van der Waals surface area contributed by atoms with E-state index in [9.17, 15) is 32.3 Å². The predicted octanol–water partition coefficient (Wildman–Crippen LogP) is 3.03. The zero-order valence-electron chi connectivity index (χ0n) is 19.5. The van der Waals surface area contributed by atoms with Gasteiger partial charge >= 0.3 is 6.18 Å². The first-order valence-electron chi connectivity index (χ1n) is 11.0. The van der Waals surface area contributed by atoms with Crippen LogP contribution >= 0.6 is 0 Å². The number of ether oxygens (including phenoxy) is 1. The van der Waals surface area contributed by atoms with Crippen LogP contribution in [-0.2, 0) is 27.1 Å². The summed E-state index contributed by atoms with van der Waals surface area (Å²) in [5, 5.41) is 13.7. The van der Waals surface area contributed by atoms with Crippen LogP contribution in [0.5, 0.6) is 0 Å². The number of hydrogen-bond donors (Lipinski definition) is 1. The lowest BCUT2D eigenvalue weighted by Gasteiger charge is -2.30. The van der Waals surface area contributed by atoms with Crippen LogP contribution in [0.3, 0.4) is 0 Å². The van der Waals surface area contributed by atoms with E-state index in [1.165, 1.54) is 0 Å². The minimum Gasteiger partial charge on any atom is -0.550 e. The van der Waals surface area contributed by atoms with Crippen molar-refractivity contribution in [1.82, 2.24) is 5.32 Å². The molecule has 0 unspecified atom stereocenters. The minimum absolute atomic E-state index is 0.0799. The molecule has 0 aliphatic heterocycles. The molecule has 10 heteroatoms. The van der Waals surface area contributed by atoms with Gasteiger partial charge in [-0.1, -0.05) is 25.3 Å². The number of likely N-dealkylation sites (N-methyl/N-ethyl adjacent to an activating group) is 1. The second-order valence-electron chi connectivity index (χ2n) is 9.19. The number of benzene rings is 1. The first kappa shape index (κ1) is 28.8. The van der Waals surface area contributed by atoms with E-state index < -0.39 is 29.6 Å². The van der Waals surface area contributed by atoms with Gasteiger partial charge in [0.1, 0.15) is 5.82 Å². The summed E-state index contributed by atoms with van der Waals surface area (Å²) < 4.78 is 57.2. The Hall–Kier alpha value is -2.20.